The van der Waals surface area contributed by atoms with Crippen LogP contribution in [-0.2, 0) is 14.3 Å². The molecule has 0 spiro atoms. The van der Waals surface area contributed by atoms with Gasteiger partial charge in [-0.2, -0.15) is 5.11 Å². The zero-order valence-corrected chi connectivity index (χ0v) is 7.35. The van der Waals surface area contributed by atoms with Crippen LogP contribution in [0.15, 0.2) is 15.2 Å². The summed E-state index contributed by atoms with van der Waals surface area (Å²) in [5.41, 5.74) is 0. The third kappa shape index (κ3) is 2.17. The van der Waals surface area contributed by atoms with Crippen molar-refractivity contribution in [3.05, 3.63) is 0 Å². The molecule has 0 saturated carbocycles. The third-order valence-corrected chi connectivity index (χ3v) is 1.33. The predicted molar refractivity (Wildman–Crippen MR) is 43.4 cm³/mol. The molecule has 1 atom stereocenters. The van der Waals surface area contributed by atoms with E-state index >= 15 is 0 Å². The highest BCUT2D eigenvalue weighted by Gasteiger charge is 2.28. The van der Waals surface area contributed by atoms with Gasteiger partial charge in [0.15, 0.2) is 0 Å². The van der Waals surface area contributed by atoms with Crippen LogP contribution in [0.2, 0.25) is 0 Å². The fourth-order valence-corrected chi connectivity index (χ4v) is 0.786. The van der Waals surface area contributed by atoms with Crippen molar-refractivity contribution in [2.75, 3.05) is 6.61 Å². The Morgan fingerprint density at radius 2 is 2.23 bits per heavy atom. The average molecular weight is 183 g/mol. The Bertz CT molecular complexity index is 295. The van der Waals surface area contributed by atoms with Gasteiger partial charge in [-0.25, -0.2) is 9.79 Å². The molecule has 1 unspecified atom stereocenters. The molecule has 0 aromatic heterocycles. The number of carbonyl (C=O) groups is 2. The van der Waals surface area contributed by atoms with Gasteiger partial charge >= 0.3 is 5.97 Å². The molecule has 0 aromatic carbocycles. The van der Waals surface area contributed by atoms with Gasteiger partial charge in [-0.1, -0.05) is 0 Å². The predicted octanol–water partition coefficient (Wildman–Crippen LogP) is 0.329. The van der Waals surface area contributed by atoms with Crippen LogP contribution in [0.3, 0.4) is 0 Å². The monoisotopic (exact) mass is 183 g/mol. The number of carbonyl (C=O) groups excluding carboxylic acids is 2. The molecule has 0 amide bonds. The highest BCUT2D eigenvalue weighted by atomic mass is 16.5. The fraction of sp³-hybridized carbons (Fsp3) is 0.571. The van der Waals surface area contributed by atoms with E-state index in [0.29, 0.717) is 5.84 Å². The lowest BCUT2D eigenvalue weighted by Gasteiger charge is -2.00. The van der Waals surface area contributed by atoms with Crippen LogP contribution >= 0.6 is 0 Å². The van der Waals surface area contributed by atoms with Gasteiger partial charge in [-0.3, -0.25) is 4.79 Å². The van der Waals surface area contributed by atoms with Crippen molar-refractivity contribution in [3.8, 4) is 0 Å². The normalized spacial score (nSPS) is 19.8. The Labute approximate surface area is 74.7 Å². The van der Waals surface area contributed by atoms with Gasteiger partial charge in [0.1, 0.15) is 5.84 Å². The molecule has 0 saturated heterocycles. The Balaban J connectivity index is 2.59. The molecular formula is C7H9N3O3. The SMILES string of the molecule is CCOC(=O)C(=O)C1N=NC(C)=N1. The molecule has 6 heteroatoms. The standard InChI is InChI=1S/C7H9N3O3/c1-3-13-7(12)5(11)6-8-4(2)9-10-6/h6H,3H2,1-2H3. The van der Waals surface area contributed by atoms with E-state index in [1.165, 1.54) is 0 Å². The largest absolute Gasteiger partial charge is 0.460 e. The summed E-state index contributed by atoms with van der Waals surface area (Å²) in [6.07, 6.45) is -1.03. The summed E-state index contributed by atoms with van der Waals surface area (Å²) in [7, 11) is 0. The van der Waals surface area contributed by atoms with Crippen LogP contribution < -0.4 is 0 Å². The second-order valence-electron chi connectivity index (χ2n) is 2.35. The van der Waals surface area contributed by atoms with Gasteiger partial charge in [0, 0.05) is 0 Å². The number of azo groups is 1. The molecule has 13 heavy (non-hydrogen) atoms. The first-order valence-electron chi connectivity index (χ1n) is 3.81. The lowest BCUT2D eigenvalue weighted by Crippen LogP contribution is -2.26. The molecule has 1 heterocycles. The van der Waals surface area contributed by atoms with Crippen molar-refractivity contribution in [2.24, 2.45) is 15.2 Å². The summed E-state index contributed by atoms with van der Waals surface area (Å²) < 4.78 is 4.49. The summed E-state index contributed by atoms with van der Waals surface area (Å²) in [4.78, 5) is 25.8. The van der Waals surface area contributed by atoms with Gasteiger partial charge in [0.05, 0.1) is 6.61 Å². The van der Waals surface area contributed by atoms with Crippen molar-refractivity contribution >= 4 is 17.6 Å². The van der Waals surface area contributed by atoms with Gasteiger partial charge in [0.25, 0.3) is 5.78 Å². The first-order valence-corrected chi connectivity index (χ1v) is 3.81. The minimum atomic E-state index is -1.03. The van der Waals surface area contributed by atoms with Crippen LogP contribution in [-0.4, -0.2) is 30.4 Å². The first-order chi connectivity index (χ1) is 6.15. The van der Waals surface area contributed by atoms with E-state index < -0.39 is 17.9 Å². The number of hydrogen-bond donors (Lipinski definition) is 0. The molecule has 1 aliphatic rings. The molecule has 0 N–H and O–H groups in total. The lowest BCUT2D eigenvalue weighted by molar-refractivity contribution is -0.153. The maximum Gasteiger partial charge on any atom is 0.379 e. The second-order valence-corrected chi connectivity index (χ2v) is 2.35. The molecule has 0 radical (unpaired) electrons. The Hall–Kier alpha value is -1.59. The van der Waals surface area contributed by atoms with E-state index in [2.05, 4.69) is 20.0 Å². The van der Waals surface area contributed by atoms with Crippen molar-refractivity contribution < 1.29 is 14.3 Å². The summed E-state index contributed by atoms with van der Waals surface area (Å²) in [5.74, 6) is -1.30. The molecule has 6 nitrogen and oxygen atoms in total. The summed E-state index contributed by atoms with van der Waals surface area (Å²) in [5, 5.41) is 7.02. The molecule has 0 aromatic rings. The number of hydrogen-bond acceptors (Lipinski definition) is 6. The fourth-order valence-electron chi connectivity index (χ4n) is 0.786. The summed E-state index contributed by atoms with van der Waals surface area (Å²) in [6.45, 7) is 3.38. The number of ether oxygens (including phenoxy) is 1. The number of ketones is 1. The van der Waals surface area contributed by atoms with E-state index in [4.69, 9.17) is 0 Å². The van der Waals surface area contributed by atoms with Crippen molar-refractivity contribution in [2.45, 2.75) is 20.0 Å². The van der Waals surface area contributed by atoms with Crippen LogP contribution in [0, 0.1) is 0 Å². The third-order valence-electron chi connectivity index (χ3n) is 1.33. The summed E-state index contributed by atoms with van der Waals surface area (Å²) >= 11 is 0. The van der Waals surface area contributed by atoms with Crippen molar-refractivity contribution in [1.82, 2.24) is 0 Å². The van der Waals surface area contributed by atoms with E-state index in [0.717, 1.165) is 0 Å². The smallest absolute Gasteiger partial charge is 0.379 e. The van der Waals surface area contributed by atoms with Gasteiger partial charge in [0.2, 0.25) is 6.17 Å². The van der Waals surface area contributed by atoms with E-state index in [1.807, 2.05) is 0 Å². The van der Waals surface area contributed by atoms with Gasteiger partial charge in [-0.05, 0) is 13.8 Å². The van der Waals surface area contributed by atoms with Crippen molar-refractivity contribution in [1.29, 1.82) is 0 Å². The van der Waals surface area contributed by atoms with E-state index in [-0.39, 0.29) is 6.61 Å². The first kappa shape index (κ1) is 9.50. The highest BCUT2D eigenvalue weighted by Crippen LogP contribution is 2.06. The van der Waals surface area contributed by atoms with Crippen LogP contribution in [0.5, 0.6) is 0 Å². The quantitative estimate of drug-likeness (QED) is 0.467. The lowest BCUT2D eigenvalue weighted by atomic mass is 10.3. The van der Waals surface area contributed by atoms with Crippen LogP contribution in [0.25, 0.3) is 0 Å². The minimum Gasteiger partial charge on any atom is -0.460 e. The van der Waals surface area contributed by atoms with E-state index in [9.17, 15) is 9.59 Å². The Morgan fingerprint density at radius 1 is 1.54 bits per heavy atom. The minimum absolute atomic E-state index is 0.164. The molecular weight excluding hydrogens is 174 g/mol. The number of Topliss-reactive ketones (excluding diaryl/α,β-unsaturated/α-hetero) is 1. The number of aliphatic imine (C=N–C) groups is 1. The molecule has 0 fully saturated rings. The van der Waals surface area contributed by atoms with Gasteiger partial charge < -0.3 is 4.74 Å². The Morgan fingerprint density at radius 3 is 2.69 bits per heavy atom. The second kappa shape index (κ2) is 3.88. The highest BCUT2D eigenvalue weighted by molar-refractivity contribution is 6.36. The number of rotatable bonds is 3. The molecule has 0 aliphatic carbocycles. The zero-order chi connectivity index (χ0) is 9.84. The maximum absolute atomic E-state index is 11.1. The zero-order valence-electron chi connectivity index (χ0n) is 7.35. The number of amidine groups is 1. The molecule has 1 rings (SSSR count). The van der Waals surface area contributed by atoms with Gasteiger partial charge in [-0.15, -0.1) is 5.11 Å². The van der Waals surface area contributed by atoms with E-state index in [1.54, 1.807) is 13.8 Å². The number of esters is 1. The van der Waals surface area contributed by atoms with Crippen LogP contribution in [0.1, 0.15) is 13.8 Å². The van der Waals surface area contributed by atoms with Crippen molar-refractivity contribution in [3.63, 3.8) is 0 Å². The summed E-state index contributed by atoms with van der Waals surface area (Å²) in [6, 6.07) is 0. The topological polar surface area (TPSA) is 80.5 Å². The molecule has 1 aliphatic heterocycles. The Kier molecular flexibility index (Phi) is 2.84. The number of nitrogens with zero attached hydrogens (tertiary/aromatic N) is 3. The average Bonchev–Trinajstić information content (AvgIpc) is 2.51. The van der Waals surface area contributed by atoms with Crippen LogP contribution in [0.4, 0.5) is 0 Å². The molecule has 70 valence electrons. The molecule has 0 bridgehead atoms. The maximum atomic E-state index is 11.1.